The van der Waals surface area contributed by atoms with Gasteiger partial charge in [0.2, 0.25) is 0 Å². The second-order valence-corrected chi connectivity index (χ2v) is 5.10. The Balaban J connectivity index is 2.06. The van der Waals surface area contributed by atoms with Gasteiger partial charge in [0.05, 0.1) is 34.6 Å². The summed E-state index contributed by atoms with van der Waals surface area (Å²) in [5.41, 5.74) is 0. The van der Waals surface area contributed by atoms with E-state index in [1.165, 1.54) is 22.1 Å². The highest BCUT2D eigenvalue weighted by Crippen LogP contribution is 2.19. The average Bonchev–Trinajstić information content (AvgIpc) is 2.75. The standard InChI is InChI=1S/C10H19IO3S/c1-2-9(13-6-7-14-15-11)8-10-4-3-5-12-10/h9-10H,2-8H2,1H3. The highest BCUT2D eigenvalue weighted by molar-refractivity contribution is 14.2. The fourth-order valence-electron chi connectivity index (χ4n) is 1.76. The molecule has 15 heavy (non-hydrogen) atoms. The zero-order valence-corrected chi connectivity index (χ0v) is 12.1. The molecule has 1 rings (SSSR count). The fourth-order valence-corrected chi connectivity index (χ4v) is 2.43. The lowest BCUT2D eigenvalue weighted by Gasteiger charge is -2.19. The molecule has 2 unspecified atom stereocenters. The van der Waals surface area contributed by atoms with Crippen molar-refractivity contribution in [3.8, 4) is 0 Å². The van der Waals surface area contributed by atoms with Gasteiger partial charge >= 0.3 is 0 Å². The van der Waals surface area contributed by atoms with Crippen LogP contribution in [0.1, 0.15) is 32.6 Å². The number of hydrogen-bond donors (Lipinski definition) is 0. The molecule has 0 radical (unpaired) electrons. The van der Waals surface area contributed by atoms with Gasteiger partial charge in [0.15, 0.2) is 0 Å². The van der Waals surface area contributed by atoms with Crippen LogP contribution < -0.4 is 0 Å². The van der Waals surface area contributed by atoms with Crippen molar-refractivity contribution < 1.29 is 13.7 Å². The lowest BCUT2D eigenvalue weighted by molar-refractivity contribution is -0.00533. The van der Waals surface area contributed by atoms with Crippen molar-refractivity contribution in [1.82, 2.24) is 0 Å². The van der Waals surface area contributed by atoms with Crippen molar-refractivity contribution in [2.75, 3.05) is 19.8 Å². The molecule has 1 aliphatic heterocycles. The third kappa shape index (κ3) is 6.31. The van der Waals surface area contributed by atoms with Crippen LogP contribution in [-0.4, -0.2) is 32.0 Å². The first-order valence-corrected chi connectivity index (χ1v) is 8.78. The van der Waals surface area contributed by atoms with Crippen LogP contribution in [0, 0.1) is 0 Å². The van der Waals surface area contributed by atoms with E-state index in [4.69, 9.17) is 13.7 Å². The molecule has 0 saturated carbocycles. The first-order chi connectivity index (χ1) is 7.36. The predicted octanol–water partition coefficient (Wildman–Crippen LogP) is 3.37. The molecule has 0 aromatic carbocycles. The number of rotatable bonds is 8. The summed E-state index contributed by atoms with van der Waals surface area (Å²) in [4.78, 5) is 0. The van der Waals surface area contributed by atoms with Crippen LogP contribution in [0.3, 0.4) is 0 Å². The lowest BCUT2D eigenvalue weighted by atomic mass is 10.1. The van der Waals surface area contributed by atoms with Gasteiger partial charge in [-0.1, -0.05) is 6.92 Å². The molecule has 2 atom stereocenters. The third-order valence-electron chi connectivity index (χ3n) is 2.57. The van der Waals surface area contributed by atoms with Crippen LogP contribution in [0.2, 0.25) is 0 Å². The van der Waals surface area contributed by atoms with E-state index in [0.717, 1.165) is 19.4 Å². The Morgan fingerprint density at radius 3 is 3.00 bits per heavy atom. The Kier molecular flexibility index (Phi) is 8.45. The maximum Gasteiger partial charge on any atom is 0.0857 e. The van der Waals surface area contributed by atoms with Gasteiger partial charge in [0.25, 0.3) is 0 Å². The summed E-state index contributed by atoms with van der Waals surface area (Å²) in [6, 6.07) is 0. The van der Waals surface area contributed by atoms with Gasteiger partial charge in [-0.15, -0.1) is 0 Å². The average molecular weight is 346 g/mol. The molecule has 0 amide bonds. The normalized spacial score (nSPS) is 23.2. The van der Waals surface area contributed by atoms with E-state index in [-0.39, 0.29) is 0 Å². The second-order valence-electron chi connectivity index (χ2n) is 3.66. The van der Waals surface area contributed by atoms with Crippen LogP contribution in [0.5, 0.6) is 0 Å². The van der Waals surface area contributed by atoms with Crippen LogP contribution >= 0.6 is 30.4 Å². The molecule has 0 aliphatic carbocycles. The van der Waals surface area contributed by atoms with Crippen LogP contribution in [0.4, 0.5) is 0 Å². The Bertz CT molecular complexity index is 154. The largest absolute Gasteiger partial charge is 0.378 e. The maximum absolute atomic E-state index is 5.73. The highest BCUT2D eigenvalue weighted by Gasteiger charge is 2.20. The lowest BCUT2D eigenvalue weighted by Crippen LogP contribution is -2.21. The van der Waals surface area contributed by atoms with Gasteiger partial charge in [0, 0.05) is 27.8 Å². The third-order valence-corrected chi connectivity index (χ3v) is 3.59. The molecule has 0 aromatic heterocycles. The summed E-state index contributed by atoms with van der Waals surface area (Å²) in [5.74, 6) is 0. The molecule has 0 N–H and O–H groups in total. The molecule has 0 aromatic rings. The summed E-state index contributed by atoms with van der Waals surface area (Å²) < 4.78 is 16.5. The minimum Gasteiger partial charge on any atom is -0.378 e. The highest BCUT2D eigenvalue weighted by atomic mass is 127. The number of halogens is 1. The van der Waals surface area contributed by atoms with Gasteiger partial charge in [-0.3, -0.25) is 0 Å². The number of hydrogen-bond acceptors (Lipinski definition) is 4. The first kappa shape index (κ1) is 14.0. The van der Waals surface area contributed by atoms with E-state index in [1.807, 2.05) is 0 Å². The molecule has 1 aliphatic rings. The first-order valence-electron chi connectivity index (χ1n) is 5.50. The van der Waals surface area contributed by atoms with Crippen LogP contribution in [0.25, 0.3) is 0 Å². The quantitative estimate of drug-likeness (QED) is 0.383. The minimum atomic E-state index is 0.330. The topological polar surface area (TPSA) is 27.7 Å². The van der Waals surface area contributed by atoms with Crippen molar-refractivity contribution in [3.63, 3.8) is 0 Å². The summed E-state index contributed by atoms with van der Waals surface area (Å²) in [5, 5.41) is 0. The minimum absolute atomic E-state index is 0.330. The van der Waals surface area contributed by atoms with Crippen LogP contribution in [0.15, 0.2) is 0 Å². The van der Waals surface area contributed by atoms with E-state index < -0.39 is 0 Å². The molecule has 1 heterocycles. The van der Waals surface area contributed by atoms with Crippen LogP contribution in [-0.2, 0) is 13.7 Å². The number of ether oxygens (including phenoxy) is 2. The second kappa shape index (κ2) is 9.04. The van der Waals surface area contributed by atoms with E-state index in [2.05, 4.69) is 28.1 Å². The predicted molar refractivity (Wildman–Crippen MR) is 71.2 cm³/mol. The maximum atomic E-state index is 5.73. The van der Waals surface area contributed by atoms with Gasteiger partial charge in [-0.05, 0) is 25.7 Å². The van der Waals surface area contributed by atoms with E-state index in [1.54, 1.807) is 0 Å². The Morgan fingerprint density at radius 2 is 2.40 bits per heavy atom. The zero-order valence-electron chi connectivity index (χ0n) is 9.12. The van der Waals surface area contributed by atoms with Gasteiger partial charge in [-0.2, -0.15) is 0 Å². The van der Waals surface area contributed by atoms with Gasteiger partial charge < -0.3 is 13.7 Å². The molecular weight excluding hydrogens is 327 g/mol. The van der Waals surface area contributed by atoms with Crippen molar-refractivity contribution in [1.29, 1.82) is 0 Å². The Morgan fingerprint density at radius 1 is 1.53 bits per heavy atom. The van der Waals surface area contributed by atoms with E-state index in [9.17, 15) is 0 Å². The molecule has 1 saturated heterocycles. The SMILES string of the molecule is CCC(CC1CCCO1)OCCOSI. The smallest absolute Gasteiger partial charge is 0.0857 e. The van der Waals surface area contributed by atoms with Crippen molar-refractivity contribution in [2.24, 2.45) is 0 Å². The van der Waals surface area contributed by atoms with Gasteiger partial charge in [0.1, 0.15) is 0 Å². The molecule has 3 nitrogen and oxygen atoms in total. The molecule has 0 spiro atoms. The molecular formula is C10H19IO3S. The fraction of sp³-hybridized carbons (Fsp3) is 1.00. The molecule has 0 bridgehead atoms. The Hall–Kier alpha value is 0.960. The summed E-state index contributed by atoms with van der Waals surface area (Å²) in [7, 11) is 1.36. The van der Waals surface area contributed by atoms with Gasteiger partial charge in [-0.25, -0.2) is 0 Å². The van der Waals surface area contributed by atoms with Crippen molar-refractivity contribution in [2.45, 2.75) is 44.8 Å². The monoisotopic (exact) mass is 346 g/mol. The summed E-state index contributed by atoms with van der Waals surface area (Å²) >= 11 is 2.11. The van der Waals surface area contributed by atoms with E-state index in [0.29, 0.717) is 25.4 Å². The Labute approximate surface area is 108 Å². The molecule has 1 fully saturated rings. The van der Waals surface area contributed by atoms with Crippen molar-refractivity contribution >= 4 is 30.4 Å². The van der Waals surface area contributed by atoms with E-state index >= 15 is 0 Å². The summed E-state index contributed by atoms with van der Waals surface area (Å²) in [6.07, 6.45) is 5.24. The molecule has 90 valence electrons. The molecule has 5 heteroatoms. The van der Waals surface area contributed by atoms with Crippen molar-refractivity contribution in [3.05, 3.63) is 0 Å². The zero-order chi connectivity index (χ0) is 10.9. The summed E-state index contributed by atoms with van der Waals surface area (Å²) in [6.45, 7) is 4.43.